The SMILES string of the molecule is C[C@@H]1C[C@H](C)CN(c2nc(C[NH+]3CCOCC3)nc3sc4c(c23)CCC4)C1. The van der Waals surface area contributed by atoms with Crippen molar-refractivity contribution in [2.24, 2.45) is 11.8 Å². The van der Waals surface area contributed by atoms with E-state index in [9.17, 15) is 0 Å². The number of nitrogens with zero attached hydrogens (tertiary/aromatic N) is 3. The fourth-order valence-electron chi connectivity index (χ4n) is 5.22. The number of nitrogens with one attached hydrogen (secondary N) is 1. The molecule has 2 fully saturated rings. The van der Waals surface area contributed by atoms with Crippen LogP contribution in [-0.4, -0.2) is 49.4 Å². The first-order valence-corrected chi connectivity index (χ1v) is 11.5. The van der Waals surface area contributed by atoms with E-state index in [2.05, 4.69) is 18.7 Å². The van der Waals surface area contributed by atoms with Gasteiger partial charge in [0, 0.05) is 18.0 Å². The number of anilines is 1. The summed E-state index contributed by atoms with van der Waals surface area (Å²) in [7, 11) is 0. The summed E-state index contributed by atoms with van der Waals surface area (Å²) in [4.78, 5) is 17.2. The van der Waals surface area contributed by atoms with Gasteiger partial charge in [-0.1, -0.05) is 13.8 Å². The molecule has 0 aromatic carbocycles. The molecule has 0 spiro atoms. The maximum Gasteiger partial charge on any atom is 0.187 e. The van der Waals surface area contributed by atoms with Crippen LogP contribution in [0, 0.1) is 11.8 Å². The van der Waals surface area contributed by atoms with E-state index in [1.807, 2.05) is 11.3 Å². The Morgan fingerprint density at radius 3 is 2.67 bits per heavy atom. The number of morpholine rings is 1. The van der Waals surface area contributed by atoms with Gasteiger partial charge in [-0.2, -0.15) is 0 Å². The summed E-state index contributed by atoms with van der Waals surface area (Å²) >= 11 is 1.93. The molecule has 146 valence electrons. The lowest BCUT2D eigenvalue weighted by molar-refractivity contribution is -0.922. The van der Waals surface area contributed by atoms with Gasteiger partial charge in [-0.25, -0.2) is 9.97 Å². The summed E-state index contributed by atoms with van der Waals surface area (Å²) in [6, 6.07) is 0. The molecule has 1 N–H and O–H groups in total. The van der Waals surface area contributed by atoms with Crippen LogP contribution in [0.2, 0.25) is 0 Å². The zero-order valence-electron chi connectivity index (χ0n) is 16.6. The number of ether oxygens (including phenoxy) is 1. The number of hydrogen-bond acceptors (Lipinski definition) is 5. The molecule has 6 heteroatoms. The molecule has 0 unspecified atom stereocenters. The van der Waals surface area contributed by atoms with Crippen LogP contribution in [0.5, 0.6) is 0 Å². The van der Waals surface area contributed by atoms with Gasteiger partial charge in [0.05, 0.1) is 18.6 Å². The highest BCUT2D eigenvalue weighted by Gasteiger charge is 2.29. The number of hydrogen-bond donors (Lipinski definition) is 1. The predicted octanol–water partition coefficient (Wildman–Crippen LogP) is 2.08. The second-order valence-electron chi connectivity index (χ2n) is 8.89. The van der Waals surface area contributed by atoms with Crippen molar-refractivity contribution in [2.45, 2.75) is 46.1 Å². The van der Waals surface area contributed by atoms with Crippen LogP contribution < -0.4 is 9.80 Å². The maximum absolute atomic E-state index is 5.52. The second kappa shape index (κ2) is 7.30. The molecule has 2 atom stereocenters. The number of aryl methyl sites for hydroxylation is 2. The van der Waals surface area contributed by atoms with Gasteiger partial charge in [0.25, 0.3) is 0 Å². The van der Waals surface area contributed by atoms with Crippen molar-refractivity contribution in [1.82, 2.24) is 9.97 Å². The van der Waals surface area contributed by atoms with Crippen LogP contribution in [0.15, 0.2) is 0 Å². The minimum Gasteiger partial charge on any atom is -0.370 e. The molecule has 27 heavy (non-hydrogen) atoms. The van der Waals surface area contributed by atoms with E-state index in [0.717, 1.165) is 63.6 Å². The van der Waals surface area contributed by atoms with Crippen molar-refractivity contribution in [1.29, 1.82) is 0 Å². The highest BCUT2D eigenvalue weighted by Crippen LogP contribution is 2.41. The summed E-state index contributed by atoms with van der Waals surface area (Å²) in [5.74, 6) is 3.73. The van der Waals surface area contributed by atoms with Gasteiger partial charge in [0.1, 0.15) is 30.3 Å². The molecule has 5 rings (SSSR count). The van der Waals surface area contributed by atoms with Gasteiger partial charge in [0.2, 0.25) is 0 Å². The zero-order valence-corrected chi connectivity index (χ0v) is 17.4. The van der Waals surface area contributed by atoms with Crippen molar-refractivity contribution in [3.63, 3.8) is 0 Å². The Balaban J connectivity index is 1.55. The molecule has 0 bridgehead atoms. The number of thiophene rings is 1. The third kappa shape index (κ3) is 3.47. The molecule has 4 heterocycles. The lowest BCUT2D eigenvalue weighted by Crippen LogP contribution is -3.12. The van der Waals surface area contributed by atoms with Gasteiger partial charge in [0.15, 0.2) is 5.82 Å². The lowest BCUT2D eigenvalue weighted by Gasteiger charge is -2.36. The van der Waals surface area contributed by atoms with E-state index >= 15 is 0 Å². The van der Waals surface area contributed by atoms with Crippen molar-refractivity contribution >= 4 is 27.4 Å². The Bertz CT molecular complexity index is 819. The number of quaternary nitrogens is 1. The first-order chi connectivity index (χ1) is 13.2. The van der Waals surface area contributed by atoms with Crippen molar-refractivity contribution in [3.8, 4) is 0 Å². The Labute approximate surface area is 165 Å². The van der Waals surface area contributed by atoms with Crippen LogP contribution in [-0.2, 0) is 24.1 Å². The molecular weight excluding hydrogens is 356 g/mol. The summed E-state index contributed by atoms with van der Waals surface area (Å²) < 4.78 is 5.52. The minimum absolute atomic E-state index is 0.735. The van der Waals surface area contributed by atoms with Gasteiger partial charge >= 0.3 is 0 Å². The Hall–Kier alpha value is -1.24. The monoisotopic (exact) mass is 387 g/mol. The molecule has 5 nitrogen and oxygen atoms in total. The second-order valence-corrected chi connectivity index (χ2v) is 9.97. The van der Waals surface area contributed by atoms with E-state index in [1.54, 1.807) is 15.3 Å². The van der Waals surface area contributed by atoms with Gasteiger partial charge in [-0.15, -0.1) is 11.3 Å². The quantitative estimate of drug-likeness (QED) is 0.876. The third-order valence-corrected chi connectivity index (χ3v) is 7.55. The molecule has 2 aromatic rings. The highest BCUT2D eigenvalue weighted by atomic mass is 32.1. The standard InChI is InChI=1S/C21H30N4OS/c1-14-10-15(2)12-25(11-14)20-19-16-4-3-5-17(16)27-21(19)23-18(22-20)13-24-6-8-26-9-7-24/h14-15H,3-13H2,1-2H3/p+1/t14-,15+. The minimum atomic E-state index is 0.735. The van der Waals surface area contributed by atoms with Crippen LogP contribution in [0.4, 0.5) is 5.82 Å². The molecule has 0 saturated carbocycles. The average Bonchev–Trinajstić information content (AvgIpc) is 3.22. The van der Waals surface area contributed by atoms with Gasteiger partial charge in [-0.3, -0.25) is 0 Å². The smallest absolute Gasteiger partial charge is 0.187 e. The predicted molar refractivity (Wildman–Crippen MR) is 110 cm³/mol. The topological polar surface area (TPSA) is 42.7 Å². The molecular formula is C21H31N4OS+. The molecule has 2 aromatic heterocycles. The van der Waals surface area contributed by atoms with E-state index in [1.165, 1.54) is 41.7 Å². The fraction of sp³-hybridized carbons (Fsp3) is 0.714. The zero-order chi connectivity index (χ0) is 18.4. The molecule has 0 radical (unpaired) electrons. The number of rotatable bonds is 3. The van der Waals surface area contributed by atoms with Gasteiger partial charge < -0.3 is 14.5 Å². The fourth-order valence-corrected chi connectivity index (χ4v) is 6.50. The first kappa shape index (κ1) is 17.8. The van der Waals surface area contributed by atoms with Crippen molar-refractivity contribution < 1.29 is 9.64 Å². The summed E-state index contributed by atoms with van der Waals surface area (Å²) in [6.45, 7) is 11.8. The number of aromatic nitrogens is 2. The summed E-state index contributed by atoms with van der Waals surface area (Å²) in [6.07, 6.45) is 5.06. The van der Waals surface area contributed by atoms with Gasteiger partial charge in [-0.05, 0) is 43.1 Å². The normalized spacial score (nSPS) is 26.7. The van der Waals surface area contributed by atoms with E-state index in [-0.39, 0.29) is 0 Å². The van der Waals surface area contributed by atoms with Crippen LogP contribution in [0.1, 0.15) is 43.0 Å². The Kier molecular flexibility index (Phi) is 4.82. The van der Waals surface area contributed by atoms with Crippen molar-refractivity contribution in [2.75, 3.05) is 44.3 Å². The van der Waals surface area contributed by atoms with Crippen molar-refractivity contribution in [3.05, 3.63) is 16.3 Å². The van der Waals surface area contributed by atoms with Crippen LogP contribution in [0.3, 0.4) is 0 Å². The van der Waals surface area contributed by atoms with E-state index < -0.39 is 0 Å². The molecule has 0 amide bonds. The lowest BCUT2D eigenvalue weighted by atomic mass is 9.91. The molecule has 3 aliphatic rings. The van der Waals surface area contributed by atoms with Crippen LogP contribution >= 0.6 is 11.3 Å². The number of piperidine rings is 1. The summed E-state index contributed by atoms with van der Waals surface area (Å²) in [5.41, 5.74) is 1.56. The molecule has 2 aliphatic heterocycles. The maximum atomic E-state index is 5.52. The first-order valence-electron chi connectivity index (χ1n) is 10.6. The number of fused-ring (bicyclic) bond motifs is 3. The Morgan fingerprint density at radius 1 is 1.11 bits per heavy atom. The molecule has 2 saturated heterocycles. The summed E-state index contributed by atoms with van der Waals surface area (Å²) in [5, 5.41) is 1.38. The molecule has 1 aliphatic carbocycles. The Morgan fingerprint density at radius 2 is 1.89 bits per heavy atom. The largest absolute Gasteiger partial charge is 0.370 e. The average molecular weight is 388 g/mol. The third-order valence-electron chi connectivity index (χ3n) is 6.37. The highest BCUT2D eigenvalue weighted by molar-refractivity contribution is 7.19. The van der Waals surface area contributed by atoms with E-state index in [4.69, 9.17) is 14.7 Å². The van der Waals surface area contributed by atoms with E-state index in [0.29, 0.717) is 0 Å². The van der Waals surface area contributed by atoms with Crippen LogP contribution in [0.25, 0.3) is 10.2 Å².